The zero-order valence-electron chi connectivity index (χ0n) is 15.0. The largest absolute Gasteiger partial charge is 0.376 e. The minimum Gasteiger partial charge on any atom is -0.376 e. The maximum absolute atomic E-state index is 12.5. The van der Waals surface area contributed by atoms with Crippen molar-refractivity contribution in [3.63, 3.8) is 0 Å². The van der Waals surface area contributed by atoms with Crippen molar-refractivity contribution < 1.29 is 18.8 Å². The number of nitrogens with one attached hydrogen (secondary N) is 2. The van der Waals surface area contributed by atoms with Crippen LogP contribution in [0.2, 0.25) is 0 Å². The predicted molar refractivity (Wildman–Crippen MR) is 96.1 cm³/mol. The summed E-state index contributed by atoms with van der Waals surface area (Å²) in [5, 5.41) is 9.54. The summed E-state index contributed by atoms with van der Waals surface area (Å²) in [4.78, 5) is 24.9. The highest BCUT2D eigenvalue weighted by Gasteiger charge is 2.19. The van der Waals surface area contributed by atoms with Crippen LogP contribution in [0.3, 0.4) is 0 Å². The normalized spacial score (nSPS) is 16.5. The van der Waals surface area contributed by atoms with E-state index in [9.17, 15) is 9.59 Å². The lowest BCUT2D eigenvalue weighted by Gasteiger charge is -2.13. The van der Waals surface area contributed by atoms with Gasteiger partial charge in [-0.3, -0.25) is 9.59 Å². The molecule has 138 valence electrons. The highest BCUT2D eigenvalue weighted by Crippen LogP contribution is 2.18. The Hall–Kier alpha value is -2.67. The van der Waals surface area contributed by atoms with Crippen LogP contribution in [-0.2, 0) is 16.0 Å². The number of hydrogen-bond acceptors (Lipinski definition) is 5. The molecule has 1 aliphatic heterocycles. The van der Waals surface area contributed by atoms with Crippen molar-refractivity contribution in [1.29, 1.82) is 0 Å². The molecule has 1 fully saturated rings. The number of ether oxygens (including phenoxy) is 1. The van der Waals surface area contributed by atoms with Crippen molar-refractivity contribution in [1.82, 2.24) is 10.5 Å². The molecular weight excluding hydrogens is 334 g/mol. The molecule has 2 aromatic rings. The number of aryl methyl sites for hydroxylation is 2. The van der Waals surface area contributed by atoms with E-state index in [0.717, 1.165) is 25.0 Å². The van der Waals surface area contributed by atoms with E-state index in [2.05, 4.69) is 15.8 Å². The molecule has 7 nitrogen and oxygen atoms in total. The Balaban J connectivity index is 1.64. The Morgan fingerprint density at radius 2 is 2.08 bits per heavy atom. The molecule has 0 saturated carbocycles. The third kappa shape index (κ3) is 4.29. The second kappa shape index (κ2) is 8.14. The number of carbonyl (C=O) groups excluding carboxylic acids is 2. The molecule has 2 N–H and O–H groups in total. The van der Waals surface area contributed by atoms with E-state index in [1.165, 1.54) is 0 Å². The molecule has 1 saturated heterocycles. The summed E-state index contributed by atoms with van der Waals surface area (Å²) >= 11 is 0. The first kappa shape index (κ1) is 18.1. The van der Waals surface area contributed by atoms with Crippen LogP contribution in [0.4, 0.5) is 5.69 Å². The van der Waals surface area contributed by atoms with Gasteiger partial charge >= 0.3 is 0 Å². The van der Waals surface area contributed by atoms with E-state index in [1.54, 1.807) is 38.1 Å². The fourth-order valence-electron chi connectivity index (χ4n) is 3.01. The third-order valence-electron chi connectivity index (χ3n) is 4.48. The maximum Gasteiger partial charge on any atom is 0.253 e. The molecule has 3 rings (SSSR count). The molecule has 2 amide bonds. The number of para-hydroxylation sites is 1. The molecule has 1 aromatic carbocycles. The van der Waals surface area contributed by atoms with Crippen LogP contribution in [0.25, 0.3) is 0 Å². The van der Waals surface area contributed by atoms with E-state index in [4.69, 9.17) is 9.26 Å². The fourth-order valence-corrected chi connectivity index (χ4v) is 3.01. The molecule has 0 aliphatic carbocycles. The summed E-state index contributed by atoms with van der Waals surface area (Å²) in [6.07, 6.45) is 2.19. The number of nitrogens with zero attached hydrogens (tertiary/aromatic N) is 1. The lowest BCUT2D eigenvalue weighted by atomic mass is 10.1. The van der Waals surface area contributed by atoms with Crippen molar-refractivity contribution in [2.75, 3.05) is 18.5 Å². The van der Waals surface area contributed by atoms with Crippen molar-refractivity contribution in [3.8, 4) is 0 Å². The van der Waals surface area contributed by atoms with Crippen LogP contribution >= 0.6 is 0 Å². The lowest BCUT2D eigenvalue weighted by molar-refractivity contribution is -0.115. The average Bonchev–Trinajstić information content (AvgIpc) is 3.25. The lowest BCUT2D eigenvalue weighted by Crippen LogP contribution is -2.32. The number of hydrogen-bond donors (Lipinski definition) is 2. The number of aromatic nitrogens is 1. The molecule has 0 spiro atoms. The zero-order valence-corrected chi connectivity index (χ0v) is 15.0. The molecule has 7 heteroatoms. The van der Waals surface area contributed by atoms with Gasteiger partial charge in [0.15, 0.2) is 0 Å². The minimum atomic E-state index is -0.228. The Kier molecular flexibility index (Phi) is 5.68. The second-order valence-electron chi connectivity index (χ2n) is 6.42. The minimum absolute atomic E-state index is 0.0697. The maximum atomic E-state index is 12.5. The van der Waals surface area contributed by atoms with Gasteiger partial charge in [0.2, 0.25) is 5.91 Å². The first-order valence-corrected chi connectivity index (χ1v) is 8.75. The number of rotatable bonds is 6. The van der Waals surface area contributed by atoms with Gasteiger partial charge in [-0.2, -0.15) is 0 Å². The average molecular weight is 357 g/mol. The summed E-state index contributed by atoms with van der Waals surface area (Å²) in [6, 6.07) is 6.95. The van der Waals surface area contributed by atoms with Crippen LogP contribution in [-0.4, -0.2) is 36.2 Å². The standard InChI is InChI=1S/C19H23N3O4/c1-12-16(13(2)26-22-12)10-18(23)21-17-8-4-3-7-15(17)19(24)20-11-14-6-5-9-25-14/h3-4,7-8,14H,5-6,9-11H2,1-2H3,(H,20,24)(H,21,23)/t14-/m0/s1. The third-order valence-corrected chi connectivity index (χ3v) is 4.48. The monoisotopic (exact) mass is 357 g/mol. The Morgan fingerprint density at radius 3 is 2.77 bits per heavy atom. The number of benzene rings is 1. The summed E-state index contributed by atoms with van der Waals surface area (Å²) in [5.74, 6) is 0.174. The number of carbonyl (C=O) groups is 2. The highest BCUT2D eigenvalue weighted by molar-refractivity contribution is 6.04. The van der Waals surface area contributed by atoms with Gasteiger partial charge in [-0.05, 0) is 38.8 Å². The highest BCUT2D eigenvalue weighted by atomic mass is 16.5. The predicted octanol–water partition coefficient (Wildman–Crippen LogP) is 2.38. The molecule has 1 atom stereocenters. The van der Waals surface area contributed by atoms with Gasteiger partial charge in [-0.1, -0.05) is 17.3 Å². The molecule has 1 aliphatic rings. The first-order valence-electron chi connectivity index (χ1n) is 8.75. The van der Waals surface area contributed by atoms with Crippen molar-refractivity contribution in [3.05, 3.63) is 46.8 Å². The van der Waals surface area contributed by atoms with E-state index >= 15 is 0 Å². The molecule has 26 heavy (non-hydrogen) atoms. The van der Waals surface area contributed by atoms with Crippen molar-refractivity contribution in [2.24, 2.45) is 0 Å². The molecule has 2 heterocycles. The van der Waals surface area contributed by atoms with Gasteiger partial charge in [-0.15, -0.1) is 0 Å². The SMILES string of the molecule is Cc1noc(C)c1CC(=O)Nc1ccccc1C(=O)NC[C@@H]1CCCO1. The summed E-state index contributed by atoms with van der Waals surface area (Å²) in [6.45, 7) is 4.79. The smallest absolute Gasteiger partial charge is 0.253 e. The number of anilines is 1. The summed E-state index contributed by atoms with van der Waals surface area (Å²) < 4.78 is 10.6. The Morgan fingerprint density at radius 1 is 1.27 bits per heavy atom. The van der Waals surface area contributed by atoms with Crippen molar-refractivity contribution in [2.45, 2.75) is 39.2 Å². The Bertz CT molecular complexity index is 774. The topological polar surface area (TPSA) is 93.5 Å². The zero-order chi connectivity index (χ0) is 18.5. The van der Waals surface area contributed by atoms with Crippen LogP contribution < -0.4 is 10.6 Å². The van der Waals surface area contributed by atoms with E-state index < -0.39 is 0 Å². The molecule has 0 radical (unpaired) electrons. The van der Waals surface area contributed by atoms with E-state index in [0.29, 0.717) is 29.2 Å². The first-order chi connectivity index (χ1) is 12.5. The molecular formula is C19H23N3O4. The fraction of sp³-hybridized carbons (Fsp3) is 0.421. The van der Waals surface area contributed by atoms with E-state index in [-0.39, 0.29) is 24.3 Å². The van der Waals surface area contributed by atoms with Gasteiger partial charge in [-0.25, -0.2) is 0 Å². The van der Waals surface area contributed by atoms with Gasteiger partial charge in [0, 0.05) is 18.7 Å². The molecule has 0 bridgehead atoms. The van der Waals surface area contributed by atoms with Crippen LogP contribution in [0.5, 0.6) is 0 Å². The summed E-state index contributed by atoms with van der Waals surface area (Å²) in [7, 11) is 0. The van der Waals surface area contributed by atoms with Crippen LogP contribution in [0, 0.1) is 13.8 Å². The second-order valence-corrected chi connectivity index (χ2v) is 6.42. The van der Waals surface area contributed by atoms with Gasteiger partial charge < -0.3 is 19.9 Å². The summed E-state index contributed by atoms with van der Waals surface area (Å²) in [5.41, 5.74) is 2.37. The Labute approximate surface area is 152 Å². The van der Waals surface area contributed by atoms with Crippen LogP contribution in [0.1, 0.15) is 40.2 Å². The van der Waals surface area contributed by atoms with E-state index in [1.807, 2.05) is 0 Å². The number of amides is 2. The molecule has 0 unspecified atom stereocenters. The van der Waals surface area contributed by atoms with Crippen molar-refractivity contribution >= 4 is 17.5 Å². The van der Waals surface area contributed by atoms with Gasteiger partial charge in [0.05, 0.1) is 29.5 Å². The van der Waals surface area contributed by atoms with Gasteiger partial charge in [0.25, 0.3) is 5.91 Å². The quantitative estimate of drug-likeness (QED) is 0.828. The van der Waals surface area contributed by atoms with Gasteiger partial charge in [0.1, 0.15) is 5.76 Å². The molecule has 1 aromatic heterocycles. The van der Waals surface area contributed by atoms with Crippen LogP contribution in [0.15, 0.2) is 28.8 Å².